The van der Waals surface area contributed by atoms with Gasteiger partial charge in [0, 0.05) is 29.2 Å². The molecule has 2 aromatic carbocycles. The van der Waals surface area contributed by atoms with Crippen LogP contribution >= 0.6 is 0 Å². The van der Waals surface area contributed by atoms with Gasteiger partial charge >= 0.3 is 0 Å². The lowest BCUT2D eigenvalue weighted by Gasteiger charge is -1.97. The molecule has 0 saturated carbocycles. The number of H-pyrrole nitrogens is 1. The van der Waals surface area contributed by atoms with Crippen LogP contribution in [0.4, 0.5) is 5.95 Å². The standard InChI is InChI=1S/C18H17N5/c1-2-23-12-13(14-7-3-6-10-17(14)23)11-19-22-18-20-15-8-4-5-9-16(15)21-18/h3-12H,2H2,1H3,(H2,20,21,22)/b19-11+. The van der Waals surface area contributed by atoms with Crippen molar-refractivity contribution in [1.82, 2.24) is 14.5 Å². The summed E-state index contributed by atoms with van der Waals surface area (Å²) in [5, 5.41) is 5.52. The van der Waals surface area contributed by atoms with E-state index in [1.807, 2.05) is 36.5 Å². The van der Waals surface area contributed by atoms with E-state index in [2.05, 4.69) is 56.4 Å². The zero-order chi connectivity index (χ0) is 15.6. The molecule has 23 heavy (non-hydrogen) atoms. The summed E-state index contributed by atoms with van der Waals surface area (Å²) in [6, 6.07) is 16.3. The van der Waals surface area contributed by atoms with Gasteiger partial charge in [-0.1, -0.05) is 30.3 Å². The van der Waals surface area contributed by atoms with Crippen molar-refractivity contribution in [2.45, 2.75) is 13.5 Å². The summed E-state index contributed by atoms with van der Waals surface area (Å²) in [7, 11) is 0. The topological polar surface area (TPSA) is 58.0 Å². The first-order valence-electron chi connectivity index (χ1n) is 7.67. The Hall–Kier alpha value is -3.08. The Kier molecular flexibility index (Phi) is 3.31. The lowest BCUT2D eigenvalue weighted by Crippen LogP contribution is -1.92. The van der Waals surface area contributed by atoms with Crippen LogP contribution in [0.5, 0.6) is 0 Å². The third-order valence-corrected chi connectivity index (χ3v) is 3.92. The highest BCUT2D eigenvalue weighted by Gasteiger charge is 2.05. The number of aryl methyl sites for hydroxylation is 1. The summed E-state index contributed by atoms with van der Waals surface area (Å²) in [6.07, 6.45) is 3.95. The third-order valence-electron chi connectivity index (χ3n) is 3.92. The highest BCUT2D eigenvalue weighted by Crippen LogP contribution is 2.20. The molecule has 5 heteroatoms. The second-order valence-electron chi connectivity index (χ2n) is 5.36. The Labute approximate surface area is 133 Å². The number of anilines is 1. The Morgan fingerprint density at radius 3 is 2.87 bits per heavy atom. The minimum atomic E-state index is 0.640. The van der Waals surface area contributed by atoms with Crippen molar-refractivity contribution in [1.29, 1.82) is 0 Å². The maximum atomic E-state index is 4.44. The smallest absolute Gasteiger partial charge is 0.222 e. The zero-order valence-electron chi connectivity index (χ0n) is 12.8. The van der Waals surface area contributed by atoms with E-state index in [0.29, 0.717) is 5.95 Å². The molecule has 2 N–H and O–H groups in total. The Morgan fingerprint density at radius 1 is 1.17 bits per heavy atom. The first-order chi connectivity index (χ1) is 11.3. The molecule has 0 fully saturated rings. The minimum absolute atomic E-state index is 0.640. The molecule has 2 aromatic heterocycles. The van der Waals surface area contributed by atoms with Gasteiger partial charge in [-0.15, -0.1) is 0 Å². The van der Waals surface area contributed by atoms with Crippen LogP contribution in [0.2, 0.25) is 0 Å². The van der Waals surface area contributed by atoms with Gasteiger partial charge in [0.2, 0.25) is 5.95 Å². The van der Waals surface area contributed by atoms with Crippen LogP contribution in [-0.4, -0.2) is 20.7 Å². The number of nitrogens with one attached hydrogen (secondary N) is 2. The first-order valence-corrected chi connectivity index (χ1v) is 7.67. The van der Waals surface area contributed by atoms with Crippen LogP contribution in [0.25, 0.3) is 21.9 Å². The maximum Gasteiger partial charge on any atom is 0.222 e. The average molecular weight is 303 g/mol. The van der Waals surface area contributed by atoms with E-state index in [4.69, 9.17) is 0 Å². The highest BCUT2D eigenvalue weighted by atomic mass is 15.3. The van der Waals surface area contributed by atoms with Crippen molar-refractivity contribution < 1.29 is 0 Å². The molecule has 114 valence electrons. The van der Waals surface area contributed by atoms with Crippen molar-refractivity contribution in [3.8, 4) is 0 Å². The molecule has 0 aliphatic carbocycles. The quantitative estimate of drug-likeness (QED) is 0.442. The molecule has 4 aromatic rings. The van der Waals surface area contributed by atoms with Crippen molar-refractivity contribution in [3.63, 3.8) is 0 Å². The molecule has 0 radical (unpaired) electrons. The number of benzene rings is 2. The Morgan fingerprint density at radius 2 is 2.00 bits per heavy atom. The molecule has 0 bridgehead atoms. The SMILES string of the molecule is CCn1cc(/C=N/Nc2nc3ccccc3[nH]2)c2ccccc21. The number of nitrogens with zero attached hydrogens (tertiary/aromatic N) is 3. The monoisotopic (exact) mass is 303 g/mol. The van der Waals surface area contributed by atoms with Gasteiger partial charge in [0.1, 0.15) is 0 Å². The minimum Gasteiger partial charge on any atom is -0.347 e. The summed E-state index contributed by atoms with van der Waals surface area (Å²) < 4.78 is 2.22. The Balaban J connectivity index is 1.61. The summed E-state index contributed by atoms with van der Waals surface area (Å²) in [5.74, 6) is 0.640. The molecule has 0 atom stereocenters. The molecule has 2 heterocycles. The summed E-state index contributed by atoms with van der Waals surface area (Å²) >= 11 is 0. The van der Waals surface area contributed by atoms with Gasteiger partial charge in [-0.25, -0.2) is 10.4 Å². The Bertz CT molecular complexity index is 960. The van der Waals surface area contributed by atoms with Gasteiger partial charge in [0.25, 0.3) is 0 Å². The molecule has 0 amide bonds. The number of hydrazone groups is 1. The number of aromatic nitrogens is 3. The number of imidazole rings is 1. The van der Waals surface area contributed by atoms with Crippen molar-refractivity contribution in [2.24, 2.45) is 5.10 Å². The largest absolute Gasteiger partial charge is 0.347 e. The van der Waals surface area contributed by atoms with Crippen LogP contribution in [0, 0.1) is 0 Å². The molecular formula is C18H17N5. The summed E-state index contributed by atoms with van der Waals surface area (Å²) in [5.41, 5.74) is 7.20. The van der Waals surface area contributed by atoms with Gasteiger partial charge in [-0.05, 0) is 25.1 Å². The van der Waals surface area contributed by atoms with Crippen LogP contribution < -0.4 is 5.43 Å². The number of para-hydroxylation sites is 3. The lowest BCUT2D eigenvalue weighted by atomic mass is 10.2. The molecule has 0 aliphatic rings. The zero-order valence-corrected chi connectivity index (χ0v) is 12.8. The van der Waals surface area contributed by atoms with Crippen molar-refractivity contribution >= 4 is 34.1 Å². The summed E-state index contributed by atoms with van der Waals surface area (Å²) in [6.45, 7) is 3.07. The second-order valence-corrected chi connectivity index (χ2v) is 5.36. The maximum absolute atomic E-state index is 4.44. The number of fused-ring (bicyclic) bond motifs is 2. The number of rotatable bonds is 4. The predicted molar refractivity (Wildman–Crippen MR) is 94.9 cm³/mol. The molecule has 5 nitrogen and oxygen atoms in total. The van der Waals surface area contributed by atoms with E-state index >= 15 is 0 Å². The molecule has 0 saturated heterocycles. The van der Waals surface area contributed by atoms with Crippen molar-refractivity contribution in [2.75, 3.05) is 5.43 Å². The van der Waals surface area contributed by atoms with E-state index in [0.717, 1.165) is 23.1 Å². The van der Waals surface area contributed by atoms with Gasteiger partial charge in [0.15, 0.2) is 0 Å². The van der Waals surface area contributed by atoms with Gasteiger partial charge in [-0.3, -0.25) is 0 Å². The molecular weight excluding hydrogens is 286 g/mol. The van der Waals surface area contributed by atoms with Crippen LogP contribution in [0.15, 0.2) is 59.8 Å². The molecule has 0 unspecified atom stereocenters. The predicted octanol–water partition coefficient (Wildman–Crippen LogP) is 3.98. The van der Waals surface area contributed by atoms with Gasteiger partial charge < -0.3 is 9.55 Å². The normalized spacial score (nSPS) is 11.7. The third kappa shape index (κ3) is 2.46. The second kappa shape index (κ2) is 5.61. The fourth-order valence-corrected chi connectivity index (χ4v) is 2.81. The van der Waals surface area contributed by atoms with E-state index in [1.165, 1.54) is 10.9 Å². The van der Waals surface area contributed by atoms with Crippen LogP contribution in [0.3, 0.4) is 0 Å². The number of aromatic amines is 1. The van der Waals surface area contributed by atoms with Crippen molar-refractivity contribution in [3.05, 3.63) is 60.3 Å². The highest BCUT2D eigenvalue weighted by molar-refractivity contribution is 5.99. The van der Waals surface area contributed by atoms with E-state index < -0.39 is 0 Å². The van der Waals surface area contributed by atoms with Gasteiger partial charge in [-0.2, -0.15) is 5.10 Å². The molecule has 4 rings (SSSR count). The fraction of sp³-hybridized carbons (Fsp3) is 0.111. The van der Waals surface area contributed by atoms with E-state index in [9.17, 15) is 0 Å². The van der Waals surface area contributed by atoms with E-state index in [-0.39, 0.29) is 0 Å². The average Bonchev–Trinajstić information content (AvgIpc) is 3.16. The number of hydrogen-bond donors (Lipinski definition) is 2. The molecule has 0 aliphatic heterocycles. The van der Waals surface area contributed by atoms with Gasteiger partial charge in [0.05, 0.1) is 17.2 Å². The number of hydrogen-bond acceptors (Lipinski definition) is 3. The first kappa shape index (κ1) is 13.6. The van der Waals surface area contributed by atoms with Crippen LogP contribution in [0.1, 0.15) is 12.5 Å². The lowest BCUT2D eigenvalue weighted by molar-refractivity contribution is 0.797. The van der Waals surface area contributed by atoms with E-state index in [1.54, 1.807) is 0 Å². The summed E-state index contributed by atoms with van der Waals surface area (Å²) in [4.78, 5) is 7.64. The molecule has 0 spiro atoms. The fourth-order valence-electron chi connectivity index (χ4n) is 2.81. The van der Waals surface area contributed by atoms with Crippen LogP contribution in [-0.2, 0) is 6.54 Å².